The number of hydrogen-bond acceptors (Lipinski definition) is 2. The Balaban J connectivity index is 2.18. The first-order chi connectivity index (χ1) is 8.63. The van der Waals surface area contributed by atoms with E-state index in [-0.39, 0.29) is 12.5 Å². The lowest BCUT2D eigenvalue weighted by Gasteiger charge is -2.32. The molecule has 1 fully saturated rings. The van der Waals surface area contributed by atoms with Crippen LogP contribution in [0.1, 0.15) is 45.4 Å². The quantitative estimate of drug-likeness (QED) is 0.715. The average Bonchev–Trinajstić information content (AvgIpc) is 2.37. The zero-order valence-corrected chi connectivity index (χ0v) is 11.2. The predicted molar refractivity (Wildman–Crippen MR) is 69.5 cm³/mol. The lowest BCUT2D eigenvalue weighted by atomic mass is 9.91. The molecule has 0 aromatic heterocycles. The van der Waals surface area contributed by atoms with E-state index in [0.717, 1.165) is 31.8 Å². The number of rotatable bonds is 6. The van der Waals surface area contributed by atoms with Crippen LogP contribution in [-0.2, 0) is 4.79 Å². The highest BCUT2D eigenvalue weighted by atomic mass is 16.4. The summed E-state index contributed by atoms with van der Waals surface area (Å²) >= 11 is 0. The van der Waals surface area contributed by atoms with Gasteiger partial charge < -0.3 is 15.3 Å². The molecule has 1 rings (SSSR count). The summed E-state index contributed by atoms with van der Waals surface area (Å²) in [6.07, 6.45) is 6.07. The first-order valence-corrected chi connectivity index (χ1v) is 6.88. The van der Waals surface area contributed by atoms with Crippen molar-refractivity contribution in [1.29, 1.82) is 0 Å². The zero-order chi connectivity index (χ0) is 13.4. The highest BCUT2D eigenvalue weighted by molar-refractivity contribution is 5.81. The van der Waals surface area contributed by atoms with Gasteiger partial charge in [0.05, 0.1) is 0 Å². The first-order valence-electron chi connectivity index (χ1n) is 6.88. The van der Waals surface area contributed by atoms with Crippen molar-refractivity contribution in [3.05, 3.63) is 0 Å². The van der Waals surface area contributed by atoms with Crippen LogP contribution in [0.4, 0.5) is 4.79 Å². The molecular formula is C13H24N2O3. The van der Waals surface area contributed by atoms with Gasteiger partial charge in [0, 0.05) is 13.1 Å². The van der Waals surface area contributed by atoms with Gasteiger partial charge in [0.15, 0.2) is 0 Å². The number of amides is 2. The molecule has 0 radical (unpaired) electrons. The summed E-state index contributed by atoms with van der Waals surface area (Å²) in [5.41, 5.74) is 0. The minimum atomic E-state index is -1.14. The molecule has 0 saturated carbocycles. The summed E-state index contributed by atoms with van der Waals surface area (Å²) in [6, 6.07) is 0. The van der Waals surface area contributed by atoms with Crippen molar-refractivity contribution >= 4 is 12.0 Å². The smallest absolute Gasteiger partial charge is 0.405 e. The van der Waals surface area contributed by atoms with E-state index in [4.69, 9.17) is 5.11 Å². The van der Waals surface area contributed by atoms with E-state index in [1.807, 2.05) is 0 Å². The van der Waals surface area contributed by atoms with E-state index in [0.29, 0.717) is 0 Å². The van der Waals surface area contributed by atoms with Crippen molar-refractivity contribution in [2.75, 3.05) is 19.6 Å². The van der Waals surface area contributed by atoms with E-state index < -0.39 is 6.09 Å². The summed E-state index contributed by atoms with van der Waals surface area (Å²) in [5.74, 6) is 0.637. The van der Waals surface area contributed by atoms with Crippen LogP contribution >= 0.6 is 0 Å². The third kappa shape index (κ3) is 5.38. The van der Waals surface area contributed by atoms with Crippen molar-refractivity contribution in [2.45, 2.75) is 45.4 Å². The van der Waals surface area contributed by atoms with Crippen LogP contribution in [-0.4, -0.2) is 41.6 Å². The Kier molecular flexibility index (Phi) is 6.54. The lowest BCUT2D eigenvalue weighted by Crippen LogP contribution is -2.43. The van der Waals surface area contributed by atoms with Crippen molar-refractivity contribution < 1.29 is 14.7 Å². The summed E-state index contributed by atoms with van der Waals surface area (Å²) in [7, 11) is 0. The Morgan fingerprint density at radius 1 is 1.28 bits per heavy atom. The van der Waals surface area contributed by atoms with Gasteiger partial charge >= 0.3 is 6.09 Å². The fourth-order valence-corrected chi connectivity index (χ4v) is 2.42. The Bertz CT molecular complexity index is 273. The van der Waals surface area contributed by atoms with E-state index in [2.05, 4.69) is 12.2 Å². The normalized spacial score (nSPS) is 16.6. The van der Waals surface area contributed by atoms with Gasteiger partial charge in [-0.25, -0.2) is 4.79 Å². The molecule has 1 saturated heterocycles. The topological polar surface area (TPSA) is 69.6 Å². The van der Waals surface area contributed by atoms with Crippen molar-refractivity contribution in [2.24, 2.45) is 5.92 Å². The second kappa shape index (κ2) is 7.95. The van der Waals surface area contributed by atoms with Crippen LogP contribution in [0, 0.1) is 5.92 Å². The molecule has 0 aliphatic carbocycles. The van der Waals surface area contributed by atoms with E-state index in [1.54, 1.807) is 4.90 Å². The fraction of sp³-hybridized carbons (Fsp3) is 0.846. The lowest BCUT2D eigenvalue weighted by molar-refractivity contribution is -0.131. The van der Waals surface area contributed by atoms with E-state index >= 15 is 0 Å². The van der Waals surface area contributed by atoms with E-state index in [9.17, 15) is 9.59 Å². The van der Waals surface area contributed by atoms with Crippen LogP contribution in [0.5, 0.6) is 0 Å². The Labute approximate surface area is 109 Å². The third-order valence-corrected chi connectivity index (χ3v) is 3.57. The number of nitrogens with one attached hydrogen (secondary N) is 1. The van der Waals surface area contributed by atoms with Crippen LogP contribution in [0.25, 0.3) is 0 Å². The summed E-state index contributed by atoms with van der Waals surface area (Å²) in [6.45, 7) is 3.65. The summed E-state index contributed by atoms with van der Waals surface area (Å²) < 4.78 is 0. The maximum atomic E-state index is 11.7. The Morgan fingerprint density at radius 2 is 1.94 bits per heavy atom. The number of nitrogens with zero attached hydrogens (tertiary/aromatic N) is 1. The molecule has 0 bridgehead atoms. The molecule has 104 valence electrons. The van der Waals surface area contributed by atoms with Gasteiger partial charge in [0.25, 0.3) is 0 Å². The van der Waals surface area contributed by atoms with E-state index in [1.165, 1.54) is 25.7 Å². The largest absolute Gasteiger partial charge is 0.465 e. The van der Waals surface area contributed by atoms with Crippen LogP contribution in [0.2, 0.25) is 0 Å². The van der Waals surface area contributed by atoms with Gasteiger partial charge in [-0.2, -0.15) is 0 Å². The van der Waals surface area contributed by atoms with Gasteiger partial charge in [-0.1, -0.05) is 32.6 Å². The maximum absolute atomic E-state index is 11.7. The molecule has 5 heteroatoms. The Morgan fingerprint density at radius 3 is 2.50 bits per heavy atom. The molecule has 2 N–H and O–H groups in total. The zero-order valence-electron chi connectivity index (χ0n) is 11.2. The minimum absolute atomic E-state index is 0.101. The molecule has 0 atom stereocenters. The molecule has 1 aliphatic heterocycles. The highest BCUT2D eigenvalue weighted by Crippen LogP contribution is 2.22. The molecule has 18 heavy (non-hydrogen) atoms. The number of hydrogen-bond donors (Lipinski definition) is 2. The molecule has 0 aromatic carbocycles. The van der Waals surface area contributed by atoms with Gasteiger partial charge in [-0.05, 0) is 18.8 Å². The molecule has 0 aromatic rings. The number of piperidine rings is 1. The van der Waals surface area contributed by atoms with Crippen LogP contribution < -0.4 is 5.32 Å². The molecule has 5 nitrogen and oxygen atoms in total. The number of carboxylic acid groups (broad SMARTS) is 1. The standard InChI is InChI=1S/C13H24N2O3/c1-2-3-4-5-11-6-8-15(9-7-11)12(16)10-14-13(17)18/h11,14H,2-10H2,1H3,(H,17,18). The van der Waals surface area contributed by atoms with Crippen molar-refractivity contribution in [3.63, 3.8) is 0 Å². The highest BCUT2D eigenvalue weighted by Gasteiger charge is 2.22. The third-order valence-electron chi connectivity index (χ3n) is 3.57. The van der Waals surface area contributed by atoms with Gasteiger partial charge in [-0.15, -0.1) is 0 Å². The van der Waals surface area contributed by atoms with Crippen molar-refractivity contribution in [3.8, 4) is 0 Å². The van der Waals surface area contributed by atoms with Crippen molar-refractivity contribution in [1.82, 2.24) is 10.2 Å². The molecule has 0 spiro atoms. The Hall–Kier alpha value is -1.26. The number of unbranched alkanes of at least 4 members (excludes halogenated alkanes) is 2. The molecule has 0 unspecified atom stereocenters. The second-order valence-electron chi connectivity index (χ2n) is 4.98. The molecule has 1 aliphatic rings. The van der Waals surface area contributed by atoms with Crippen LogP contribution in [0.15, 0.2) is 0 Å². The molecule has 2 amide bonds. The summed E-state index contributed by atoms with van der Waals surface area (Å²) in [5, 5.41) is 10.6. The first kappa shape index (κ1) is 14.8. The van der Waals surface area contributed by atoms with Gasteiger partial charge in [-0.3, -0.25) is 4.79 Å². The second-order valence-corrected chi connectivity index (χ2v) is 4.98. The SMILES string of the molecule is CCCCCC1CCN(C(=O)CNC(=O)O)CC1. The molecule has 1 heterocycles. The predicted octanol–water partition coefficient (Wildman–Crippen LogP) is 2.07. The van der Waals surface area contributed by atoms with Gasteiger partial charge in [0.2, 0.25) is 5.91 Å². The fourth-order valence-electron chi connectivity index (χ4n) is 2.42. The molecular weight excluding hydrogens is 232 g/mol. The number of carbonyl (C=O) groups is 2. The summed E-state index contributed by atoms with van der Waals surface area (Å²) in [4.78, 5) is 23.7. The number of likely N-dealkylation sites (tertiary alicyclic amines) is 1. The van der Waals surface area contributed by atoms with Gasteiger partial charge in [0.1, 0.15) is 6.54 Å². The number of carbonyl (C=O) groups excluding carboxylic acids is 1. The maximum Gasteiger partial charge on any atom is 0.405 e. The minimum Gasteiger partial charge on any atom is -0.465 e. The van der Waals surface area contributed by atoms with Crippen LogP contribution in [0.3, 0.4) is 0 Å². The average molecular weight is 256 g/mol. The monoisotopic (exact) mass is 256 g/mol.